The lowest BCUT2D eigenvalue weighted by molar-refractivity contribution is -0.122. The summed E-state index contributed by atoms with van der Waals surface area (Å²) in [6, 6.07) is 4.81. The molecular weight excluding hydrogens is 407 g/mol. The number of halogens is 2. The van der Waals surface area contributed by atoms with Crippen molar-refractivity contribution in [3.8, 4) is 0 Å². The van der Waals surface area contributed by atoms with Gasteiger partial charge in [-0.15, -0.1) is 5.10 Å². The van der Waals surface area contributed by atoms with Gasteiger partial charge in [-0.1, -0.05) is 47.8 Å². The van der Waals surface area contributed by atoms with Crippen LogP contribution >= 0.6 is 35.0 Å². The quantitative estimate of drug-likeness (QED) is 0.543. The zero-order valence-electron chi connectivity index (χ0n) is 14.6. The number of rotatable bonds is 4. The van der Waals surface area contributed by atoms with Crippen molar-refractivity contribution in [2.45, 2.75) is 50.2 Å². The number of carbonyl (C=O) groups is 2. The number of nitrogens with zero attached hydrogens (tertiary/aromatic N) is 2. The van der Waals surface area contributed by atoms with E-state index in [2.05, 4.69) is 20.8 Å². The second kappa shape index (κ2) is 9.57. The summed E-state index contributed by atoms with van der Waals surface area (Å²) in [5, 5.41) is 14.6. The smallest absolute Gasteiger partial charge is 0.240 e. The summed E-state index contributed by atoms with van der Waals surface area (Å²) in [6.07, 6.45) is 6.68. The van der Waals surface area contributed by atoms with Crippen LogP contribution in [0.25, 0.3) is 0 Å². The van der Waals surface area contributed by atoms with Crippen molar-refractivity contribution in [2.24, 2.45) is 10.2 Å². The molecule has 0 spiro atoms. The van der Waals surface area contributed by atoms with Gasteiger partial charge in [0.05, 0.1) is 10.7 Å². The van der Waals surface area contributed by atoms with Crippen molar-refractivity contribution < 1.29 is 9.59 Å². The van der Waals surface area contributed by atoms with Gasteiger partial charge in [0.2, 0.25) is 11.8 Å². The lowest BCUT2D eigenvalue weighted by atomic mass is 10.2. The molecule has 6 nitrogen and oxygen atoms in total. The van der Waals surface area contributed by atoms with E-state index in [1.54, 1.807) is 18.2 Å². The van der Waals surface area contributed by atoms with Gasteiger partial charge in [0, 0.05) is 17.2 Å². The highest BCUT2D eigenvalue weighted by Crippen LogP contribution is 2.27. The van der Waals surface area contributed by atoms with Crippen LogP contribution in [-0.4, -0.2) is 27.9 Å². The summed E-state index contributed by atoms with van der Waals surface area (Å²) < 4.78 is 0. The van der Waals surface area contributed by atoms with Gasteiger partial charge >= 0.3 is 0 Å². The molecule has 1 saturated carbocycles. The zero-order valence-corrected chi connectivity index (χ0v) is 17.0. The summed E-state index contributed by atoms with van der Waals surface area (Å²) in [4.78, 5) is 24.3. The molecule has 1 atom stereocenters. The molecule has 0 aromatic heterocycles. The van der Waals surface area contributed by atoms with Crippen LogP contribution in [0.1, 0.15) is 44.9 Å². The average molecular weight is 427 g/mol. The zero-order chi connectivity index (χ0) is 19.2. The molecule has 1 heterocycles. The van der Waals surface area contributed by atoms with E-state index < -0.39 is 5.25 Å². The van der Waals surface area contributed by atoms with Gasteiger partial charge in [0.25, 0.3) is 0 Å². The van der Waals surface area contributed by atoms with E-state index in [1.165, 1.54) is 24.6 Å². The predicted molar refractivity (Wildman–Crippen MR) is 112 cm³/mol. The Bertz CT molecular complexity index is 788. The van der Waals surface area contributed by atoms with Crippen molar-refractivity contribution in [3.05, 3.63) is 28.2 Å². The van der Waals surface area contributed by atoms with Crippen LogP contribution in [0.3, 0.4) is 0 Å². The molecule has 1 aliphatic heterocycles. The van der Waals surface area contributed by atoms with Gasteiger partial charge in [-0.05, 0) is 43.9 Å². The Kier molecular flexibility index (Phi) is 7.15. The SMILES string of the molecule is O=C(C[C@@H]1S/C(=N/N=C2CCCCCC2)NC1=O)Nc1ccc(Cl)cc1Cl. The van der Waals surface area contributed by atoms with Crippen molar-refractivity contribution in [3.63, 3.8) is 0 Å². The highest BCUT2D eigenvalue weighted by Gasteiger charge is 2.32. The number of thioether (sulfide) groups is 1. The number of hydrogen-bond acceptors (Lipinski definition) is 5. The highest BCUT2D eigenvalue weighted by atomic mass is 35.5. The molecule has 1 aromatic rings. The fourth-order valence-electron chi connectivity index (χ4n) is 2.90. The molecule has 9 heteroatoms. The first kappa shape index (κ1) is 20.2. The number of hydrogen-bond donors (Lipinski definition) is 2. The molecule has 2 N–H and O–H groups in total. The maximum Gasteiger partial charge on any atom is 0.240 e. The monoisotopic (exact) mass is 426 g/mol. The van der Waals surface area contributed by atoms with Gasteiger partial charge in [0.15, 0.2) is 5.17 Å². The maximum absolute atomic E-state index is 12.2. The van der Waals surface area contributed by atoms with E-state index in [9.17, 15) is 9.59 Å². The third-order valence-electron chi connectivity index (χ3n) is 4.32. The first-order valence-electron chi connectivity index (χ1n) is 8.87. The summed E-state index contributed by atoms with van der Waals surface area (Å²) in [6.45, 7) is 0. The highest BCUT2D eigenvalue weighted by molar-refractivity contribution is 8.15. The molecule has 0 radical (unpaired) electrons. The van der Waals surface area contributed by atoms with Crippen LogP contribution in [0.4, 0.5) is 5.69 Å². The summed E-state index contributed by atoms with van der Waals surface area (Å²) in [7, 11) is 0. The normalized spacial score (nSPS) is 21.7. The molecule has 1 aromatic carbocycles. The second-order valence-electron chi connectivity index (χ2n) is 6.46. The van der Waals surface area contributed by atoms with Gasteiger partial charge in [-0.25, -0.2) is 0 Å². The average Bonchev–Trinajstić information content (AvgIpc) is 2.82. The molecule has 2 aliphatic rings. The third kappa shape index (κ3) is 5.96. The molecule has 1 saturated heterocycles. The van der Waals surface area contributed by atoms with Gasteiger partial charge < -0.3 is 10.6 Å². The van der Waals surface area contributed by atoms with Crippen molar-refractivity contribution >= 4 is 63.3 Å². The number of anilines is 1. The minimum Gasteiger partial charge on any atom is -0.325 e. The molecule has 144 valence electrons. The molecular formula is C18H20Cl2N4O2S. The summed E-state index contributed by atoms with van der Waals surface area (Å²) >= 11 is 13.1. The molecule has 27 heavy (non-hydrogen) atoms. The van der Waals surface area contributed by atoms with Crippen molar-refractivity contribution in [2.75, 3.05) is 5.32 Å². The molecule has 0 unspecified atom stereocenters. The lowest BCUT2D eigenvalue weighted by Gasteiger charge is -2.09. The Morgan fingerprint density at radius 2 is 1.93 bits per heavy atom. The molecule has 2 fully saturated rings. The number of amidine groups is 1. The predicted octanol–water partition coefficient (Wildman–Crippen LogP) is 4.62. The number of carbonyl (C=O) groups excluding carboxylic acids is 2. The minimum atomic E-state index is -0.538. The minimum absolute atomic E-state index is 0.0189. The molecule has 0 bridgehead atoms. The van der Waals surface area contributed by atoms with E-state index in [0.29, 0.717) is 20.9 Å². The first-order valence-corrected chi connectivity index (χ1v) is 10.5. The number of benzene rings is 1. The maximum atomic E-state index is 12.2. The van der Waals surface area contributed by atoms with E-state index in [-0.39, 0.29) is 18.2 Å². The van der Waals surface area contributed by atoms with E-state index >= 15 is 0 Å². The van der Waals surface area contributed by atoms with Gasteiger partial charge in [-0.3, -0.25) is 9.59 Å². The van der Waals surface area contributed by atoms with Crippen LogP contribution in [0.5, 0.6) is 0 Å². The number of amides is 2. The summed E-state index contributed by atoms with van der Waals surface area (Å²) in [5.74, 6) is -0.541. The van der Waals surface area contributed by atoms with Gasteiger partial charge in [0.1, 0.15) is 5.25 Å². The lowest BCUT2D eigenvalue weighted by Crippen LogP contribution is -2.28. The Labute approximate surface area is 172 Å². The van der Waals surface area contributed by atoms with Crippen molar-refractivity contribution in [1.82, 2.24) is 5.32 Å². The van der Waals surface area contributed by atoms with Crippen LogP contribution in [-0.2, 0) is 9.59 Å². The fraction of sp³-hybridized carbons (Fsp3) is 0.444. The Hall–Kier alpha value is -1.57. The van der Waals surface area contributed by atoms with Crippen LogP contribution in [0.2, 0.25) is 10.0 Å². The topological polar surface area (TPSA) is 82.9 Å². The Balaban J connectivity index is 1.56. The van der Waals surface area contributed by atoms with Gasteiger partial charge in [-0.2, -0.15) is 5.10 Å². The van der Waals surface area contributed by atoms with Crippen LogP contribution < -0.4 is 10.6 Å². The largest absolute Gasteiger partial charge is 0.325 e. The second-order valence-corrected chi connectivity index (χ2v) is 8.49. The number of nitrogens with one attached hydrogen (secondary N) is 2. The summed E-state index contributed by atoms with van der Waals surface area (Å²) in [5.41, 5.74) is 1.54. The van der Waals surface area contributed by atoms with Crippen molar-refractivity contribution in [1.29, 1.82) is 0 Å². The molecule has 3 rings (SSSR count). The molecule has 2 amide bonds. The Morgan fingerprint density at radius 1 is 1.19 bits per heavy atom. The fourth-order valence-corrected chi connectivity index (χ4v) is 4.27. The van der Waals surface area contributed by atoms with E-state index in [4.69, 9.17) is 23.2 Å². The van der Waals surface area contributed by atoms with E-state index in [1.807, 2.05) is 0 Å². The Morgan fingerprint density at radius 3 is 2.63 bits per heavy atom. The molecule has 1 aliphatic carbocycles. The van der Waals surface area contributed by atoms with Crippen LogP contribution in [0, 0.1) is 0 Å². The third-order valence-corrected chi connectivity index (χ3v) is 5.94. The standard InChI is InChI=1S/C18H20Cl2N4O2S/c19-11-7-8-14(13(20)9-11)21-16(25)10-15-17(26)22-18(27-15)24-23-12-5-3-1-2-4-6-12/h7-9,15H,1-6,10H2,(H,21,25)(H,22,24,26)/t15-/m0/s1. The van der Waals surface area contributed by atoms with Crippen LogP contribution in [0.15, 0.2) is 28.4 Å². The first-order chi connectivity index (χ1) is 13.0. The van der Waals surface area contributed by atoms with E-state index in [0.717, 1.165) is 31.4 Å².